The molecule has 8 heteroatoms. The second kappa shape index (κ2) is 7.83. The molecule has 5 aliphatic rings. The summed E-state index contributed by atoms with van der Waals surface area (Å²) in [6.07, 6.45) is 10.6. The first-order chi connectivity index (χ1) is 16.4. The standard InChI is InChI=1S/C26H30N4O3S/c1-13-18(25(32)33-2)19(17-3-5-28-6-4-17)20-21(27)22(34-24(20)29-13)23(31)30-26-10-14-7-15(11-26)9-16(8-14)12-26/h3-6,14-16,19,29H,7-12,27H2,1-2H3,(H,30,31)/t14?,15?,16?,19-,26?/m0/s1. The van der Waals surface area contributed by atoms with Crippen molar-refractivity contribution >= 4 is 33.9 Å². The van der Waals surface area contributed by atoms with Gasteiger partial charge in [0, 0.05) is 35.1 Å². The number of aromatic nitrogens is 1. The number of amides is 1. The van der Waals surface area contributed by atoms with E-state index in [-0.39, 0.29) is 11.4 Å². The van der Waals surface area contributed by atoms with Gasteiger partial charge in [0.15, 0.2) is 0 Å². The Kier molecular flexibility index (Phi) is 4.99. The van der Waals surface area contributed by atoms with Gasteiger partial charge in [-0.05, 0) is 80.9 Å². The summed E-state index contributed by atoms with van der Waals surface area (Å²) in [4.78, 5) is 31.1. The van der Waals surface area contributed by atoms with E-state index < -0.39 is 11.9 Å². The number of nitrogens with one attached hydrogen (secondary N) is 2. The van der Waals surface area contributed by atoms with Crippen LogP contribution in [-0.4, -0.2) is 29.5 Å². The molecule has 7 nitrogen and oxygen atoms in total. The summed E-state index contributed by atoms with van der Waals surface area (Å²) in [5, 5.41) is 7.58. The molecule has 4 bridgehead atoms. The molecule has 4 saturated carbocycles. The molecule has 1 amide bonds. The zero-order valence-corrected chi connectivity index (χ0v) is 20.3. The largest absolute Gasteiger partial charge is 0.466 e. The van der Waals surface area contributed by atoms with Gasteiger partial charge in [0.05, 0.1) is 23.4 Å². The number of hydrogen-bond donors (Lipinski definition) is 3. The zero-order chi connectivity index (χ0) is 23.6. The zero-order valence-electron chi connectivity index (χ0n) is 19.5. The molecule has 4 fully saturated rings. The molecule has 2 aromatic rings. The minimum atomic E-state index is -0.427. The summed E-state index contributed by atoms with van der Waals surface area (Å²) in [6, 6.07) is 3.75. The van der Waals surface area contributed by atoms with Crippen molar-refractivity contribution in [3.8, 4) is 0 Å². The van der Waals surface area contributed by atoms with Crippen LogP contribution in [0.2, 0.25) is 0 Å². The number of carbonyl (C=O) groups is 2. The van der Waals surface area contributed by atoms with Gasteiger partial charge in [-0.15, -0.1) is 11.3 Å². The highest BCUT2D eigenvalue weighted by Crippen LogP contribution is 2.56. The summed E-state index contributed by atoms with van der Waals surface area (Å²) < 4.78 is 5.11. The van der Waals surface area contributed by atoms with Crippen LogP contribution in [0.1, 0.15) is 72.2 Å². The van der Waals surface area contributed by atoms with Gasteiger partial charge >= 0.3 is 5.97 Å². The molecule has 178 valence electrons. The van der Waals surface area contributed by atoms with Crippen molar-refractivity contribution < 1.29 is 14.3 Å². The number of fused-ring (bicyclic) bond motifs is 1. The normalized spacial score (nSPS) is 31.1. The summed E-state index contributed by atoms with van der Waals surface area (Å²) in [7, 11) is 1.38. The number of allylic oxidation sites excluding steroid dienone is 1. The Morgan fingerprint density at radius 1 is 1.15 bits per heavy atom. The van der Waals surface area contributed by atoms with Crippen LogP contribution >= 0.6 is 11.3 Å². The van der Waals surface area contributed by atoms with Crippen molar-refractivity contribution in [2.45, 2.75) is 56.9 Å². The highest BCUT2D eigenvalue weighted by molar-refractivity contribution is 7.19. The number of methoxy groups -OCH3 is 1. The highest BCUT2D eigenvalue weighted by Gasteiger charge is 2.52. The van der Waals surface area contributed by atoms with Crippen LogP contribution in [0.3, 0.4) is 0 Å². The maximum atomic E-state index is 13.6. The Labute approximate surface area is 203 Å². The number of ether oxygens (including phenoxy) is 1. The first-order valence-corrected chi connectivity index (χ1v) is 12.9. The van der Waals surface area contributed by atoms with E-state index in [1.807, 2.05) is 19.1 Å². The second-order valence-electron chi connectivity index (χ2n) is 10.6. The third-order valence-electron chi connectivity index (χ3n) is 8.33. The predicted octanol–water partition coefficient (Wildman–Crippen LogP) is 4.43. The number of anilines is 2. The number of esters is 1. The van der Waals surface area contributed by atoms with E-state index in [4.69, 9.17) is 10.5 Å². The molecule has 2 aromatic heterocycles. The molecule has 34 heavy (non-hydrogen) atoms. The van der Waals surface area contributed by atoms with Gasteiger partial charge in [-0.2, -0.15) is 0 Å². The molecular formula is C26H30N4O3S. The van der Waals surface area contributed by atoms with Crippen molar-refractivity contribution in [1.29, 1.82) is 0 Å². The lowest BCUT2D eigenvalue weighted by Gasteiger charge is -2.56. The minimum Gasteiger partial charge on any atom is -0.466 e. The summed E-state index contributed by atoms with van der Waals surface area (Å²) in [6.45, 7) is 1.86. The fraction of sp³-hybridized carbons (Fsp3) is 0.500. The lowest BCUT2D eigenvalue weighted by atomic mass is 9.53. The summed E-state index contributed by atoms with van der Waals surface area (Å²) in [5.74, 6) is 1.30. The van der Waals surface area contributed by atoms with Crippen LogP contribution in [-0.2, 0) is 9.53 Å². The average molecular weight is 479 g/mol. The first kappa shape index (κ1) is 21.6. The van der Waals surface area contributed by atoms with Crippen LogP contribution in [0.4, 0.5) is 10.7 Å². The highest BCUT2D eigenvalue weighted by atomic mass is 32.1. The SMILES string of the molecule is COC(=O)C1=C(C)Nc2sc(C(=O)NC34CC5CC(CC(C5)C3)C4)c(N)c2[C@H]1c1ccncc1. The van der Waals surface area contributed by atoms with Crippen LogP contribution in [0, 0.1) is 17.8 Å². The summed E-state index contributed by atoms with van der Waals surface area (Å²) in [5.41, 5.74) is 9.88. The van der Waals surface area contributed by atoms with Crippen LogP contribution in [0.15, 0.2) is 35.8 Å². The number of carbonyl (C=O) groups excluding carboxylic acids is 2. The van der Waals surface area contributed by atoms with Crippen molar-refractivity contribution in [2.24, 2.45) is 17.8 Å². The lowest BCUT2D eigenvalue weighted by molar-refractivity contribution is -0.136. The molecule has 0 saturated heterocycles. The van der Waals surface area contributed by atoms with E-state index in [1.54, 1.807) is 12.4 Å². The molecule has 0 radical (unpaired) electrons. The maximum Gasteiger partial charge on any atom is 0.336 e. The molecule has 0 unspecified atom stereocenters. The van der Waals surface area contributed by atoms with E-state index >= 15 is 0 Å². The Bertz CT molecular complexity index is 1170. The van der Waals surface area contributed by atoms with Gasteiger partial charge in [-0.25, -0.2) is 4.79 Å². The summed E-state index contributed by atoms with van der Waals surface area (Å²) >= 11 is 1.37. The van der Waals surface area contributed by atoms with Gasteiger partial charge in [0.2, 0.25) is 0 Å². The molecule has 1 atom stereocenters. The minimum absolute atomic E-state index is 0.0912. The van der Waals surface area contributed by atoms with Crippen LogP contribution in [0.5, 0.6) is 0 Å². The average Bonchev–Trinajstić information content (AvgIpc) is 3.13. The van der Waals surface area contributed by atoms with Crippen LogP contribution < -0.4 is 16.4 Å². The molecule has 3 heterocycles. The molecular weight excluding hydrogens is 448 g/mol. The molecule has 4 aliphatic carbocycles. The van der Waals surface area contributed by atoms with Gasteiger partial charge < -0.3 is 21.1 Å². The first-order valence-electron chi connectivity index (χ1n) is 12.1. The van der Waals surface area contributed by atoms with Gasteiger partial charge in [-0.1, -0.05) is 0 Å². The molecule has 4 N–H and O–H groups in total. The fourth-order valence-corrected chi connectivity index (χ4v) is 8.54. The molecule has 0 spiro atoms. The van der Waals surface area contributed by atoms with Gasteiger partial charge in [0.1, 0.15) is 4.88 Å². The quantitative estimate of drug-likeness (QED) is 0.562. The predicted molar refractivity (Wildman–Crippen MR) is 132 cm³/mol. The van der Waals surface area contributed by atoms with E-state index in [1.165, 1.54) is 37.7 Å². The molecule has 7 rings (SSSR count). The van der Waals surface area contributed by atoms with E-state index in [9.17, 15) is 9.59 Å². The van der Waals surface area contributed by atoms with E-state index in [0.717, 1.165) is 53.1 Å². The third-order valence-corrected chi connectivity index (χ3v) is 9.47. The van der Waals surface area contributed by atoms with Crippen molar-refractivity contribution in [3.63, 3.8) is 0 Å². The Balaban J connectivity index is 1.37. The van der Waals surface area contributed by atoms with Gasteiger partial charge in [0.25, 0.3) is 5.91 Å². The van der Waals surface area contributed by atoms with Gasteiger partial charge in [-0.3, -0.25) is 9.78 Å². The number of pyridine rings is 1. The topological polar surface area (TPSA) is 106 Å². The van der Waals surface area contributed by atoms with Crippen LogP contribution in [0.25, 0.3) is 0 Å². The smallest absolute Gasteiger partial charge is 0.336 e. The van der Waals surface area contributed by atoms with E-state index in [0.29, 0.717) is 21.8 Å². The number of nitrogens with two attached hydrogens (primary N) is 1. The van der Waals surface area contributed by atoms with Crippen molar-refractivity contribution in [2.75, 3.05) is 18.2 Å². The Morgan fingerprint density at radius 3 is 2.35 bits per heavy atom. The number of hydrogen-bond acceptors (Lipinski definition) is 7. The fourth-order valence-electron chi connectivity index (χ4n) is 7.43. The maximum absolute atomic E-state index is 13.6. The number of nitrogens with zero attached hydrogens (tertiary/aromatic N) is 1. The molecule has 0 aromatic carbocycles. The number of rotatable bonds is 4. The monoisotopic (exact) mass is 478 g/mol. The van der Waals surface area contributed by atoms with Crippen molar-refractivity contribution in [3.05, 3.63) is 51.8 Å². The Hall–Kier alpha value is -2.87. The second-order valence-corrected chi connectivity index (χ2v) is 11.6. The molecule has 1 aliphatic heterocycles. The van der Waals surface area contributed by atoms with Crippen molar-refractivity contribution in [1.82, 2.24) is 10.3 Å². The lowest BCUT2D eigenvalue weighted by Crippen LogP contribution is -2.59. The number of nitrogen functional groups attached to an aromatic ring is 1. The third kappa shape index (κ3) is 3.34. The van der Waals surface area contributed by atoms with E-state index in [2.05, 4.69) is 15.6 Å². The Morgan fingerprint density at radius 2 is 1.76 bits per heavy atom. The number of thiophene rings is 1.